The van der Waals surface area contributed by atoms with Gasteiger partial charge in [-0.15, -0.1) is 11.3 Å². The molecule has 0 fully saturated rings. The van der Waals surface area contributed by atoms with Gasteiger partial charge in [0.1, 0.15) is 0 Å². The van der Waals surface area contributed by atoms with Crippen LogP contribution in [-0.2, 0) is 22.5 Å². The van der Waals surface area contributed by atoms with Crippen LogP contribution in [0.15, 0.2) is 22.2 Å². The van der Waals surface area contributed by atoms with E-state index in [0.717, 1.165) is 17.4 Å². The van der Waals surface area contributed by atoms with Crippen LogP contribution in [0.4, 0.5) is 5.13 Å². The normalized spacial score (nSPS) is 10.3. The summed E-state index contributed by atoms with van der Waals surface area (Å²) in [5.41, 5.74) is 1.99. The molecule has 0 spiro atoms. The van der Waals surface area contributed by atoms with Gasteiger partial charge in [-0.1, -0.05) is 0 Å². The van der Waals surface area contributed by atoms with Crippen LogP contribution < -0.4 is 5.32 Å². The number of aromatic nitrogens is 1. The van der Waals surface area contributed by atoms with E-state index in [1.54, 1.807) is 18.3 Å². The van der Waals surface area contributed by atoms with Crippen molar-refractivity contribution < 1.29 is 9.53 Å². The molecule has 0 saturated heterocycles. The topological polar surface area (TPSA) is 51.2 Å². The first kappa shape index (κ1) is 13.0. The number of ether oxygens (including phenoxy) is 1. The first-order valence-corrected chi connectivity index (χ1v) is 7.45. The first-order chi connectivity index (χ1) is 8.78. The van der Waals surface area contributed by atoms with E-state index in [1.807, 2.05) is 10.8 Å². The highest BCUT2D eigenvalue weighted by molar-refractivity contribution is 7.13. The van der Waals surface area contributed by atoms with Gasteiger partial charge < -0.3 is 10.1 Å². The number of hydrogen-bond acceptors (Lipinski definition) is 6. The van der Waals surface area contributed by atoms with Gasteiger partial charge in [0, 0.05) is 11.9 Å². The molecule has 1 N–H and O–H groups in total. The summed E-state index contributed by atoms with van der Waals surface area (Å²) in [6.07, 6.45) is 0.241. The number of thiazole rings is 1. The molecule has 0 saturated carbocycles. The van der Waals surface area contributed by atoms with Gasteiger partial charge in [0.2, 0.25) is 0 Å². The van der Waals surface area contributed by atoms with Crippen molar-refractivity contribution in [3.63, 3.8) is 0 Å². The Bertz CT molecular complexity index is 494. The molecular weight excluding hydrogens is 268 g/mol. The second-order valence-electron chi connectivity index (χ2n) is 3.61. The van der Waals surface area contributed by atoms with E-state index in [9.17, 15) is 4.79 Å². The second kappa shape index (κ2) is 6.51. The Kier molecular flexibility index (Phi) is 4.72. The molecule has 96 valence electrons. The largest absolute Gasteiger partial charge is 0.466 e. The molecule has 0 radical (unpaired) electrons. The summed E-state index contributed by atoms with van der Waals surface area (Å²) in [6.45, 7) is 2.97. The molecular formula is C12H14N2O2S2. The summed E-state index contributed by atoms with van der Waals surface area (Å²) in [4.78, 5) is 15.6. The number of nitrogens with zero attached hydrogens (tertiary/aromatic N) is 1. The van der Waals surface area contributed by atoms with Crippen LogP contribution in [0, 0.1) is 0 Å². The molecule has 0 aliphatic heterocycles. The number of rotatable bonds is 6. The van der Waals surface area contributed by atoms with Crippen LogP contribution in [0.1, 0.15) is 18.2 Å². The molecule has 0 bridgehead atoms. The van der Waals surface area contributed by atoms with Crippen LogP contribution >= 0.6 is 22.7 Å². The highest BCUT2D eigenvalue weighted by Gasteiger charge is 2.08. The number of esters is 1. The summed E-state index contributed by atoms with van der Waals surface area (Å²) >= 11 is 3.18. The standard InChI is InChI=1S/C12H14N2O2S2/c1-2-16-11(15)5-10-8-18-12(14-10)13-6-9-3-4-17-7-9/h3-4,7-8H,2,5-6H2,1H3,(H,13,14). The van der Waals surface area contributed by atoms with E-state index in [-0.39, 0.29) is 12.4 Å². The van der Waals surface area contributed by atoms with Crippen molar-refractivity contribution in [2.24, 2.45) is 0 Å². The van der Waals surface area contributed by atoms with Crippen molar-refractivity contribution >= 4 is 33.8 Å². The lowest BCUT2D eigenvalue weighted by Gasteiger charge is -2.00. The third kappa shape index (κ3) is 3.82. The zero-order chi connectivity index (χ0) is 12.8. The number of carbonyl (C=O) groups is 1. The summed E-state index contributed by atoms with van der Waals surface area (Å²) in [5, 5.41) is 10.1. The van der Waals surface area contributed by atoms with Gasteiger partial charge in [0.15, 0.2) is 5.13 Å². The van der Waals surface area contributed by atoms with Crippen LogP contribution in [0.25, 0.3) is 0 Å². The maximum atomic E-state index is 11.3. The fourth-order valence-electron chi connectivity index (χ4n) is 1.40. The molecule has 0 aromatic carbocycles. The van der Waals surface area contributed by atoms with E-state index in [1.165, 1.54) is 16.9 Å². The SMILES string of the molecule is CCOC(=O)Cc1csc(NCc2ccsc2)n1. The third-order valence-electron chi connectivity index (χ3n) is 2.21. The summed E-state index contributed by atoms with van der Waals surface area (Å²) in [7, 11) is 0. The average molecular weight is 282 g/mol. The minimum atomic E-state index is -0.229. The number of nitrogens with one attached hydrogen (secondary N) is 1. The van der Waals surface area contributed by atoms with Crippen molar-refractivity contribution in [3.05, 3.63) is 33.5 Å². The Labute approximate surface area is 114 Å². The quantitative estimate of drug-likeness (QED) is 0.828. The molecule has 4 nitrogen and oxygen atoms in total. The Hall–Kier alpha value is -1.40. The first-order valence-electron chi connectivity index (χ1n) is 5.63. The average Bonchev–Trinajstić information content (AvgIpc) is 2.97. The van der Waals surface area contributed by atoms with Gasteiger partial charge in [-0.3, -0.25) is 4.79 Å². The number of hydrogen-bond donors (Lipinski definition) is 1. The molecule has 6 heteroatoms. The predicted octanol–water partition coefficient (Wildman–Crippen LogP) is 2.92. The molecule has 0 amide bonds. The number of thiophene rings is 1. The van der Waals surface area contributed by atoms with E-state index in [0.29, 0.717) is 6.61 Å². The van der Waals surface area contributed by atoms with Crippen molar-refractivity contribution in [1.82, 2.24) is 4.98 Å². The van der Waals surface area contributed by atoms with Crippen LogP contribution in [0.2, 0.25) is 0 Å². The van der Waals surface area contributed by atoms with Gasteiger partial charge in [-0.05, 0) is 29.3 Å². The van der Waals surface area contributed by atoms with Crippen molar-refractivity contribution in [1.29, 1.82) is 0 Å². The maximum absolute atomic E-state index is 11.3. The summed E-state index contributed by atoms with van der Waals surface area (Å²) in [6, 6.07) is 2.07. The third-order valence-corrected chi connectivity index (χ3v) is 3.79. The molecule has 0 atom stereocenters. The molecule has 18 heavy (non-hydrogen) atoms. The Morgan fingerprint density at radius 1 is 1.50 bits per heavy atom. The Morgan fingerprint density at radius 2 is 2.39 bits per heavy atom. The van der Waals surface area contributed by atoms with E-state index < -0.39 is 0 Å². The van der Waals surface area contributed by atoms with Crippen LogP contribution in [0.3, 0.4) is 0 Å². The lowest BCUT2D eigenvalue weighted by Crippen LogP contribution is -2.07. The van der Waals surface area contributed by atoms with E-state index in [4.69, 9.17) is 4.74 Å². The molecule has 2 aromatic rings. The van der Waals surface area contributed by atoms with E-state index in [2.05, 4.69) is 21.7 Å². The minimum Gasteiger partial charge on any atom is -0.466 e. The highest BCUT2D eigenvalue weighted by atomic mass is 32.1. The maximum Gasteiger partial charge on any atom is 0.311 e. The fraction of sp³-hybridized carbons (Fsp3) is 0.333. The predicted molar refractivity (Wildman–Crippen MR) is 74.1 cm³/mol. The monoisotopic (exact) mass is 282 g/mol. The van der Waals surface area contributed by atoms with E-state index >= 15 is 0 Å². The van der Waals surface area contributed by atoms with Crippen LogP contribution in [0.5, 0.6) is 0 Å². The van der Waals surface area contributed by atoms with Crippen molar-refractivity contribution in [3.8, 4) is 0 Å². The van der Waals surface area contributed by atoms with Gasteiger partial charge in [0.25, 0.3) is 0 Å². The highest BCUT2D eigenvalue weighted by Crippen LogP contribution is 2.17. The fourth-order valence-corrected chi connectivity index (χ4v) is 2.78. The van der Waals surface area contributed by atoms with Crippen LogP contribution in [-0.4, -0.2) is 17.6 Å². The van der Waals surface area contributed by atoms with Gasteiger partial charge in [-0.25, -0.2) is 4.98 Å². The molecule has 0 unspecified atom stereocenters. The Balaban J connectivity index is 1.84. The van der Waals surface area contributed by atoms with Gasteiger partial charge in [-0.2, -0.15) is 11.3 Å². The van der Waals surface area contributed by atoms with Gasteiger partial charge in [0.05, 0.1) is 18.7 Å². The molecule has 2 heterocycles. The Morgan fingerprint density at radius 3 is 3.11 bits per heavy atom. The smallest absolute Gasteiger partial charge is 0.311 e. The molecule has 2 aromatic heterocycles. The summed E-state index contributed by atoms with van der Waals surface area (Å²) in [5.74, 6) is -0.229. The lowest BCUT2D eigenvalue weighted by molar-refractivity contribution is -0.142. The molecule has 0 aliphatic carbocycles. The summed E-state index contributed by atoms with van der Waals surface area (Å²) < 4.78 is 4.88. The second-order valence-corrected chi connectivity index (χ2v) is 5.25. The zero-order valence-electron chi connectivity index (χ0n) is 10.0. The molecule has 2 rings (SSSR count). The van der Waals surface area contributed by atoms with Crippen molar-refractivity contribution in [2.75, 3.05) is 11.9 Å². The van der Waals surface area contributed by atoms with Crippen molar-refractivity contribution in [2.45, 2.75) is 19.9 Å². The lowest BCUT2D eigenvalue weighted by atomic mass is 10.3. The number of carbonyl (C=O) groups excluding carboxylic acids is 1. The molecule has 0 aliphatic rings. The minimum absolute atomic E-state index is 0.229. The zero-order valence-corrected chi connectivity index (χ0v) is 11.6. The number of anilines is 1. The van der Waals surface area contributed by atoms with Gasteiger partial charge >= 0.3 is 5.97 Å².